The lowest BCUT2D eigenvalue weighted by Crippen LogP contribution is -2.50. The molecule has 0 fully saturated rings. The van der Waals surface area contributed by atoms with E-state index in [4.69, 9.17) is 9.84 Å². The zero-order valence-corrected chi connectivity index (χ0v) is 12.4. The Kier molecular flexibility index (Phi) is 8.54. The second-order valence-electron chi connectivity index (χ2n) is 5.03. The highest BCUT2D eigenvalue weighted by Gasteiger charge is 2.27. The summed E-state index contributed by atoms with van der Waals surface area (Å²) >= 11 is 0. The summed E-state index contributed by atoms with van der Waals surface area (Å²) in [6, 6.07) is -0.735. The Hall–Kier alpha value is -1.63. The molecular formula is C13H24N2O5. The third kappa shape index (κ3) is 7.08. The Morgan fingerprint density at radius 1 is 1.15 bits per heavy atom. The van der Waals surface area contributed by atoms with Crippen molar-refractivity contribution in [2.24, 2.45) is 11.8 Å². The third-order valence-corrected chi connectivity index (χ3v) is 2.71. The van der Waals surface area contributed by atoms with Gasteiger partial charge in [0, 0.05) is 13.7 Å². The molecule has 1 unspecified atom stereocenters. The second-order valence-corrected chi connectivity index (χ2v) is 5.03. The molecule has 2 amide bonds. The molecule has 0 aliphatic rings. The Bertz CT molecular complexity index is 344. The fourth-order valence-corrected chi connectivity index (χ4v) is 1.51. The van der Waals surface area contributed by atoms with Crippen molar-refractivity contribution in [2.75, 3.05) is 20.3 Å². The number of rotatable bonds is 9. The van der Waals surface area contributed by atoms with Crippen LogP contribution in [0.4, 0.5) is 0 Å². The summed E-state index contributed by atoms with van der Waals surface area (Å²) in [7, 11) is 1.52. The number of hydrogen-bond donors (Lipinski definition) is 3. The number of ether oxygens (including phenoxy) is 1. The number of carbonyl (C=O) groups is 3. The predicted octanol–water partition coefficient (Wildman–Crippen LogP) is 0.000600. The van der Waals surface area contributed by atoms with E-state index < -0.39 is 23.8 Å². The maximum Gasteiger partial charge on any atom is 0.315 e. The molecule has 116 valence electrons. The molecule has 3 N–H and O–H groups in total. The van der Waals surface area contributed by atoms with Gasteiger partial charge in [0.1, 0.15) is 12.0 Å². The summed E-state index contributed by atoms with van der Waals surface area (Å²) in [5, 5.41) is 13.9. The van der Waals surface area contributed by atoms with Gasteiger partial charge in [-0.05, 0) is 19.3 Å². The van der Waals surface area contributed by atoms with Crippen LogP contribution in [-0.4, -0.2) is 49.2 Å². The number of hydrogen-bond acceptors (Lipinski definition) is 4. The number of amides is 2. The molecular weight excluding hydrogens is 264 g/mol. The summed E-state index contributed by atoms with van der Waals surface area (Å²) in [6.45, 7) is 5.84. The van der Waals surface area contributed by atoms with E-state index >= 15 is 0 Å². The molecule has 2 atom stereocenters. The Morgan fingerprint density at radius 3 is 2.20 bits per heavy atom. The smallest absolute Gasteiger partial charge is 0.315 e. The largest absolute Gasteiger partial charge is 0.481 e. The molecule has 7 heteroatoms. The molecule has 7 nitrogen and oxygen atoms in total. The summed E-state index contributed by atoms with van der Waals surface area (Å²) in [4.78, 5) is 34.4. The van der Waals surface area contributed by atoms with Gasteiger partial charge >= 0.3 is 5.97 Å². The van der Waals surface area contributed by atoms with Crippen molar-refractivity contribution < 1.29 is 24.2 Å². The lowest BCUT2D eigenvalue weighted by molar-refractivity contribution is -0.147. The molecule has 0 saturated heterocycles. The molecule has 0 aromatic heterocycles. The maximum absolute atomic E-state index is 12.0. The van der Waals surface area contributed by atoms with Gasteiger partial charge in [0.2, 0.25) is 11.8 Å². The van der Waals surface area contributed by atoms with E-state index in [0.717, 1.165) is 0 Å². The molecule has 0 heterocycles. The summed E-state index contributed by atoms with van der Waals surface area (Å²) in [5.74, 6) is -3.21. The van der Waals surface area contributed by atoms with Gasteiger partial charge in [0.05, 0.1) is 6.61 Å². The highest BCUT2D eigenvalue weighted by atomic mass is 16.5. The quantitative estimate of drug-likeness (QED) is 0.409. The van der Waals surface area contributed by atoms with Crippen molar-refractivity contribution in [3.63, 3.8) is 0 Å². The van der Waals surface area contributed by atoms with Crippen LogP contribution in [0.3, 0.4) is 0 Å². The van der Waals surface area contributed by atoms with Crippen LogP contribution in [0.5, 0.6) is 0 Å². The minimum absolute atomic E-state index is 0.189. The zero-order chi connectivity index (χ0) is 15.7. The molecule has 0 aromatic rings. The van der Waals surface area contributed by atoms with Gasteiger partial charge in [-0.1, -0.05) is 13.8 Å². The van der Waals surface area contributed by atoms with Crippen molar-refractivity contribution in [3.05, 3.63) is 0 Å². The SMILES string of the molecule is COCCNC(=O)[C@H](CC(C)C)NC(=O)C(C)C(=O)O. The van der Waals surface area contributed by atoms with Gasteiger partial charge in [-0.25, -0.2) is 0 Å². The van der Waals surface area contributed by atoms with Crippen LogP contribution in [0, 0.1) is 11.8 Å². The minimum atomic E-state index is -1.22. The van der Waals surface area contributed by atoms with Crippen LogP contribution in [0.1, 0.15) is 27.2 Å². The van der Waals surface area contributed by atoms with E-state index in [1.807, 2.05) is 13.8 Å². The number of carboxylic acids is 1. The molecule has 0 aliphatic heterocycles. The van der Waals surface area contributed by atoms with Crippen molar-refractivity contribution in [1.29, 1.82) is 0 Å². The lowest BCUT2D eigenvalue weighted by atomic mass is 10.0. The Labute approximate surface area is 119 Å². The fourth-order valence-electron chi connectivity index (χ4n) is 1.51. The number of carbonyl (C=O) groups excluding carboxylic acids is 2. The third-order valence-electron chi connectivity index (χ3n) is 2.71. The minimum Gasteiger partial charge on any atom is -0.481 e. The fraction of sp³-hybridized carbons (Fsp3) is 0.769. The molecule has 0 saturated carbocycles. The molecule has 0 spiro atoms. The van der Waals surface area contributed by atoms with Crippen molar-refractivity contribution >= 4 is 17.8 Å². The molecule has 0 aromatic carbocycles. The molecule has 0 bridgehead atoms. The molecule has 0 rings (SSSR count). The van der Waals surface area contributed by atoms with Crippen molar-refractivity contribution in [3.8, 4) is 0 Å². The van der Waals surface area contributed by atoms with Crippen molar-refractivity contribution in [1.82, 2.24) is 10.6 Å². The highest BCUT2D eigenvalue weighted by molar-refractivity contribution is 5.98. The summed E-state index contributed by atoms with van der Waals surface area (Å²) in [5.41, 5.74) is 0. The van der Waals surface area contributed by atoms with Crippen LogP contribution < -0.4 is 10.6 Å². The first-order valence-corrected chi connectivity index (χ1v) is 6.59. The zero-order valence-electron chi connectivity index (χ0n) is 12.4. The average Bonchev–Trinajstić information content (AvgIpc) is 2.36. The van der Waals surface area contributed by atoms with E-state index in [0.29, 0.717) is 19.6 Å². The van der Waals surface area contributed by atoms with Crippen molar-refractivity contribution in [2.45, 2.75) is 33.2 Å². The van der Waals surface area contributed by atoms with E-state index in [-0.39, 0.29) is 11.8 Å². The Balaban J connectivity index is 4.59. The maximum atomic E-state index is 12.0. The Morgan fingerprint density at radius 2 is 1.75 bits per heavy atom. The van der Waals surface area contributed by atoms with Crippen LogP contribution in [0.25, 0.3) is 0 Å². The standard InChI is InChI=1S/C13H24N2O5/c1-8(2)7-10(12(17)14-5-6-20-4)15-11(16)9(3)13(18)19/h8-10H,5-7H2,1-4H3,(H,14,17)(H,15,16)(H,18,19)/t9?,10-/m0/s1. The average molecular weight is 288 g/mol. The number of methoxy groups -OCH3 is 1. The van der Waals surface area contributed by atoms with Gasteiger partial charge in [-0.3, -0.25) is 14.4 Å². The van der Waals surface area contributed by atoms with Gasteiger partial charge in [0.15, 0.2) is 0 Å². The topological polar surface area (TPSA) is 105 Å². The van der Waals surface area contributed by atoms with Gasteiger partial charge in [0.25, 0.3) is 0 Å². The first-order chi connectivity index (χ1) is 9.29. The molecule has 0 aliphatic carbocycles. The number of nitrogens with one attached hydrogen (secondary N) is 2. The predicted molar refractivity (Wildman–Crippen MR) is 73.1 cm³/mol. The van der Waals surface area contributed by atoms with Crippen LogP contribution in [-0.2, 0) is 19.1 Å². The molecule has 0 radical (unpaired) electrons. The number of carboxylic acid groups (broad SMARTS) is 1. The van der Waals surface area contributed by atoms with Crippen LogP contribution in [0.2, 0.25) is 0 Å². The van der Waals surface area contributed by atoms with Gasteiger partial charge < -0.3 is 20.5 Å². The summed E-state index contributed by atoms with van der Waals surface area (Å²) in [6.07, 6.45) is 0.441. The normalized spacial score (nSPS) is 13.7. The second kappa shape index (κ2) is 9.30. The number of aliphatic carboxylic acids is 1. The van der Waals surface area contributed by atoms with Gasteiger partial charge in [-0.15, -0.1) is 0 Å². The summed E-state index contributed by atoms with van der Waals surface area (Å²) < 4.78 is 4.82. The monoisotopic (exact) mass is 288 g/mol. The van der Waals surface area contributed by atoms with Crippen LogP contribution >= 0.6 is 0 Å². The van der Waals surface area contributed by atoms with E-state index in [2.05, 4.69) is 10.6 Å². The van der Waals surface area contributed by atoms with E-state index in [9.17, 15) is 14.4 Å². The molecule has 20 heavy (non-hydrogen) atoms. The first-order valence-electron chi connectivity index (χ1n) is 6.59. The van der Waals surface area contributed by atoms with E-state index in [1.54, 1.807) is 0 Å². The highest BCUT2D eigenvalue weighted by Crippen LogP contribution is 2.06. The van der Waals surface area contributed by atoms with Gasteiger partial charge in [-0.2, -0.15) is 0 Å². The van der Waals surface area contributed by atoms with Crippen LogP contribution in [0.15, 0.2) is 0 Å². The van der Waals surface area contributed by atoms with E-state index in [1.165, 1.54) is 14.0 Å². The first kappa shape index (κ1) is 18.4. The lowest BCUT2D eigenvalue weighted by Gasteiger charge is -2.21.